The van der Waals surface area contributed by atoms with Crippen LogP contribution in [-0.2, 0) is 24.9 Å². The number of hydrogen-bond donors (Lipinski definition) is 1. The van der Waals surface area contributed by atoms with Crippen molar-refractivity contribution in [3.8, 4) is 0 Å². The number of anilines is 1. The Morgan fingerprint density at radius 2 is 1.72 bits per heavy atom. The summed E-state index contributed by atoms with van der Waals surface area (Å²) in [6.45, 7) is 6.15. The summed E-state index contributed by atoms with van der Waals surface area (Å²) in [6, 6.07) is 16.8. The number of amides is 3. The van der Waals surface area contributed by atoms with Gasteiger partial charge < -0.3 is 10.1 Å². The number of hydrogen-bond acceptors (Lipinski definition) is 5. The van der Waals surface area contributed by atoms with Crippen LogP contribution in [0.1, 0.15) is 38.3 Å². The minimum Gasteiger partial charge on any atom is -0.379 e. The number of ether oxygens (including phenoxy) is 1. The molecule has 3 rings (SSSR count). The summed E-state index contributed by atoms with van der Waals surface area (Å²) in [4.78, 5) is 39.5. The summed E-state index contributed by atoms with van der Waals surface area (Å²) in [6.07, 6.45) is 0.689. The highest BCUT2D eigenvalue weighted by Crippen LogP contribution is 2.37. The van der Waals surface area contributed by atoms with Crippen molar-refractivity contribution in [1.29, 1.82) is 0 Å². The molecule has 1 aliphatic heterocycles. The lowest BCUT2D eigenvalue weighted by atomic mass is 10.1. The van der Waals surface area contributed by atoms with Crippen molar-refractivity contribution in [2.24, 2.45) is 0 Å². The van der Waals surface area contributed by atoms with Gasteiger partial charge in [0.15, 0.2) is 0 Å². The number of carbonyl (C=O) groups is 3. The SMILES string of the molecule is CC(=O)Nc1ccc(C2=C(SCc3ccccc3)C(=O)N(CCCOC(C)C)C2=O)cc1. The van der Waals surface area contributed by atoms with Crippen LogP contribution < -0.4 is 5.32 Å². The van der Waals surface area contributed by atoms with Crippen LogP contribution in [0.15, 0.2) is 59.5 Å². The summed E-state index contributed by atoms with van der Waals surface area (Å²) < 4.78 is 5.56. The van der Waals surface area contributed by atoms with Crippen molar-refractivity contribution in [1.82, 2.24) is 4.90 Å². The Kier molecular flexibility index (Phi) is 8.25. The Labute approximate surface area is 193 Å². The first kappa shape index (κ1) is 23.8. The molecule has 1 aliphatic rings. The quantitative estimate of drug-likeness (QED) is 0.425. The van der Waals surface area contributed by atoms with Gasteiger partial charge in [-0.25, -0.2) is 0 Å². The summed E-state index contributed by atoms with van der Waals surface area (Å²) in [5.74, 6) is -0.130. The van der Waals surface area contributed by atoms with Crippen molar-refractivity contribution < 1.29 is 19.1 Å². The Morgan fingerprint density at radius 1 is 1.03 bits per heavy atom. The molecule has 1 heterocycles. The van der Waals surface area contributed by atoms with Crippen molar-refractivity contribution in [3.05, 3.63) is 70.6 Å². The normalized spacial score (nSPS) is 13.9. The molecule has 3 amide bonds. The molecule has 168 valence electrons. The minimum absolute atomic E-state index is 0.104. The fourth-order valence-corrected chi connectivity index (χ4v) is 4.43. The molecule has 1 N–H and O–H groups in total. The number of imide groups is 1. The standard InChI is InChI=1S/C25H28N2O4S/c1-17(2)31-15-7-14-27-24(29)22(20-10-12-21(13-11-20)26-18(3)28)23(25(27)30)32-16-19-8-5-4-6-9-19/h4-6,8-13,17H,7,14-16H2,1-3H3,(H,26,28). The third kappa shape index (κ3) is 6.08. The van der Waals surface area contributed by atoms with Crippen LogP contribution >= 0.6 is 11.8 Å². The first-order valence-electron chi connectivity index (χ1n) is 10.6. The number of benzene rings is 2. The van der Waals surface area contributed by atoms with Crippen molar-refractivity contribution in [2.45, 2.75) is 39.0 Å². The van der Waals surface area contributed by atoms with Crippen LogP contribution in [0.2, 0.25) is 0 Å². The predicted octanol–water partition coefficient (Wildman–Crippen LogP) is 4.47. The van der Waals surface area contributed by atoms with E-state index in [0.717, 1.165) is 5.56 Å². The van der Waals surface area contributed by atoms with E-state index in [1.165, 1.54) is 23.6 Å². The summed E-state index contributed by atoms with van der Waals surface area (Å²) in [7, 11) is 0. The highest BCUT2D eigenvalue weighted by atomic mass is 32.2. The largest absolute Gasteiger partial charge is 0.379 e. The highest BCUT2D eigenvalue weighted by molar-refractivity contribution is 8.03. The molecule has 0 atom stereocenters. The minimum atomic E-state index is -0.289. The third-order valence-corrected chi connectivity index (χ3v) is 5.97. The number of rotatable bonds is 10. The fraction of sp³-hybridized carbons (Fsp3) is 0.320. The van der Waals surface area contributed by atoms with E-state index in [9.17, 15) is 14.4 Å². The molecule has 0 bridgehead atoms. The summed E-state index contributed by atoms with van der Waals surface area (Å²) in [5, 5.41) is 2.72. The maximum atomic E-state index is 13.3. The second kappa shape index (κ2) is 11.1. The lowest BCUT2D eigenvalue weighted by Crippen LogP contribution is -2.33. The zero-order valence-corrected chi connectivity index (χ0v) is 19.4. The second-order valence-electron chi connectivity index (χ2n) is 7.77. The van der Waals surface area contributed by atoms with Gasteiger partial charge in [0.25, 0.3) is 11.8 Å². The molecule has 6 nitrogen and oxygen atoms in total. The van der Waals surface area contributed by atoms with Gasteiger partial charge in [0.1, 0.15) is 0 Å². The molecule has 7 heteroatoms. The van der Waals surface area contributed by atoms with Gasteiger partial charge in [0.2, 0.25) is 5.91 Å². The van der Waals surface area contributed by atoms with E-state index >= 15 is 0 Å². The Balaban J connectivity index is 1.84. The zero-order chi connectivity index (χ0) is 23.1. The van der Waals surface area contributed by atoms with E-state index in [4.69, 9.17) is 4.74 Å². The van der Waals surface area contributed by atoms with Gasteiger partial charge in [-0.1, -0.05) is 42.5 Å². The van der Waals surface area contributed by atoms with Gasteiger partial charge in [-0.3, -0.25) is 19.3 Å². The van der Waals surface area contributed by atoms with Crippen molar-refractivity contribution in [3.63, 3.8) is 0 Å². The highest BCUT2D eigenvalue weighted by Gasteiger charge is 2.38. The molecule has 2 aromatic carbocycles. The van der Waals surface area contributed by atoms with Crippen LogP contribution in [0, 0.1) is 0 Å². The molecule has 2 aromatic rings. The molecular formula is C25H28N2O4S. The molecule has 0 saturated carbocycles. The maximum Gasteiger partial charge on any atom is 0.267 e. The third-order valence-electron chi connectivity index (χ3n) is 4.82. The first-order chi connectivity index (χ1) is 15.4. The summed E-state index contributed by atoms with van der Waals surface area (Å²) in [5.41, 5.74) is 2.79. The predicted molar refractivity (Wildman–Crippen MR) is 128 cm³/mol. The smallest absolute Gasteiger partial charge is 0.267 e. The number of thioether (sulfide) groups is 1. The van der Waals surface area contributed by atoms with E-state index in [0.29, 0.717) is 47.1 Å². The van der Waals surface area contributed by atoms with Crippen LogP contribution in [0.4, 0.5) is 5.69 Å². The van der Waals surface area contributed by atoms with E-state index in [2.05, 4.69) is 5.32 Å². The van der Waals surface area contributed by atoms with Crippen molar-refractivity contribution in [2.75, 3.05) is 18.5 Å². The van der Waals surface area contributed by atoms with Crippen molar-refractivity contribution >= 4 is 40.7 Å². The molecule has 0 aliphatic carbocycles. The van der Waals surface area contributed by atoms with Crippen LogP contribution in [0.3, 0.4) is 0 Å². The van der Waals surface area contributed by atoms with Gasteiger partial charge >= 0.3 is 0 Å². The van der Waals surface area contributed by atoms with Gasteiger partial charge in [-0.2, -0.15) is 0 Å². The lowest BCUT2D eigenvalue weighted by Gasteiger charge is -2.16. The average molecular weight is 453 g/mol. The van der Waals surface area contributed by atoms with Gasteiger partial charge in [0.05, 0.1) is 16.6 Å². The fourth-order valence-electron chi connectivity index (χ4n) is 3.34. The lowest BCUT2D eigenvalue weighted by molar-refractivity contribution is -0.136. The molecule has 0 saturated heterocycles. The Morgan fingerprint density at radius 3 is 2.34 bits per heavy atom. The molecule has 0 unspecified atom stereocenters. The molecular weight excluding hydrogens is 424 g/mol. The van der Waals surface area contributed by atoms with Crippen LogP contribution in [0.25, 0.3) is 5.57 Å². The molecule has 0 fully saturated rings. The number of nitrogens with zero attached hydrogens (tertiary/aromatic N) is 1. The van der Waals surface area contributed by atoms with Crippen LogP contribution in [-0.4, -0.2) is 41.9 Å². The van der Waals surface area contributed by atoms with Gasteiger partial charge in [-0.15, -0.1) is 11.8 Å². The van der Waals surface area contributed by atoms with E-state index in [1.807, 2.05) is 44.2 Å². The molecule has 32 heavy (non-hydrogen) atoms. The topological polar surface area (TPSA) is 75.7 Å². The zero-order valence-electron chi connectivity index (χ0n) is 18.6. The first-order valence-corrected chi connectivity index (χ1v) is 11.6. The maximum absolute atomic E-state index is 13.3. The Bertz CT molecular complexity index is 1000. The number of nitrogens with one attached hydrogen (secondary N) is 1. The summed E-state index contributed by atoms with van der Waals surface area (Å²) >= 11 is 1.38. The molecule has 0 aromatic heterocycles. The monoisotopic (exact) mass is 452 g/mol. The number of carbonyl (C=O) groups excluding carboxylic acids is 3. The average Bonchev–Trinajstić information content (AvgIpc) is 3.00. The van der Waals surface area contributed by atoms with E-state index in [1.54, 1.807) is 24.3 Å². The second-order valence-corrected chi connectivity index (χ2v) is 8.76. The van der Waals surface area contributed by atoms with Gasteiger partial charge in [0, 0.05) is 31.5 Å². The molecule has 0 spiro atoms. The molecule has 0 radical (unpaired) electrons. The van der Waals surface area contributed by atoms with Crippen LogP contribution in [0.5, 0.6) is 0 Å². The Hall–Kier alpha value is -2.90. The van der Waals surface area contributed by atoms with Gasteiger partial charge in [-0.05, 0) is 43.5 Å². The van der Waals surface area contributed by atoms with E-state index < -0.39 is 0 Å². The van der Waals surface area contributed by atoms with E-state index in [-0.39, 0.29) is 23.8 Å².